The van der Waals surface area contributed by atoms with Crippen LogP contribution in [-0.2, 0) is 13.1 Å². The van der Waals surface area contributed by atoms with E-state index < -0.39 is 45.5 Å². The van der Waals surface area contributed by atoms with Gasteiger partial charge in [-0.2, -0.15) is 0 Å². The molecule has 0 saturated heterocycles. The van der Waals surface area contributed by atoms with Crippen molar-refractivity contribution in [3.63, 3.8) is 0 Å². The molecule has 2 aliphatic rings. The molecule has 4 aromatic heterocycles. The van der Waals surface area contributed by atoms with Gasteiger partial charge in [-0.25, -0.2) is 27.5 Å². The molecular weight excluding hydrogens is 714 g/mol. The van der Waals surface area contributed by atoms with Crippen LogP contribution in [0.1, 0.15) is 25.7 Å². The third-order valence-electron chi connectivity index (χ3n) is 9.40. The van der Waals surface area contributed by atoms with E-state index in [0.717, 1.165) is 49.9 Å². The Labute approximate surface area is 304 Å². The second-order valence-electron chi connectivity index (χ2n) is 13.3. The van der Waals surface area contributed by atoms with Gasteiger partial charge in [-0.1, -0.05) is 11.6 Å². The molecule has 0 unspecified atom stereocenters. The van der Waals surface area contributed by atoms with Crippen LogP contribution in [0, 0.1) is 35.1 Å². The quantitative estimate of drug-likeness (QED) is 0.0722. The summed E-state index contributed by atoms with van der Waals surface area (Å²) >= 11 is 5.96. The number of hydrogen-bond acceptors (Lipinski definition) is 8. The first-order valence-electron chi connectivity index (χ1n) is 17.0. The molecule has 4 heterocycles. The van der Waals surface area contributed by atoms with E-state index in [1.807, 2.05) is 0 Å². The van der Waals surface area contributed by atoms with E-state index in [-0.39, 0.29) is 34.3 Å². The van der Waals surface area contributed by atoms with Crippen LogP contribution in [0.25, 0.3) is 44.1 Å². The van der Waals surface area contributed by atoms with Gasteiger partial charge in [-0.15, -0.1) is 0 Å². The highest BCUT2D eigenvalue weighted by Crippen LogP contribution is 2.35. The SMILES string of the molecule is Nc1ccc(F)c(-c2cc3cnc(Cl)cc3n(CC3CC3)c2=O)c1F.Nc1ccc(F)c(-c2cc3cnc(NCCO)cc3n(CC3CC3)c2=O)c1F. The van der Waals surface area contributed by atoms with Crippen molar-refractivity contribution in [2.75, 3.05) is 29.9 Å². The number of hydrogen-bond donors (Lipinski definition) is 4. The summed E-state index contributed by atoms with van der Waals surface area (Å²) in [5.41, 5.74) is 10.0. The monoisotopic (exact) mass is 747 g/mol. The molecule has 274 valence electrons. The molecule has 6 aromatic rings. The minimum absolute atomic E-state index is 0.0541. The summed E-state index contributed by atoms with van der Waals surface area (Å²) in [4.78, 5) is 34.5. The number of benzene rings is 2. The Morgan fingerprint density at radius 3 is 1.68 bits per heavy atom. The number of aromatic nitrogens is 4. The summed E-state index contributed by atoms with van der Waals surface area (Å²) in [6.07, 6.45) is 7.12. The molecule has 2 aromatic carbocycles. The van der Waals surface area contributed by atoms with Crippen molar-refractivity contribution in [2.45, 2.75) is 38.8 Å². The van der Waals surface area contributed by atoms with Crippen molar-refractivity contribution in [2.24, 2.45) is 11.8 Å². The van der Waals surface area contributed by atoms with Gasteiger partial charge in [-0.3, -0.25) is 9.59 Å². The molecule has 0 aliphatic heterocycles. The van der Waals surface area contributed by atoms with Crippen LogP contribution in [0.5, 0.6) is 0 Å². The van der Waals surface area contributed by atoms with Crippen molar-refractivity contribution in [1.29, 1.82) is 0 Å². The Morgan fingerprint density at radius 1 is 0.736 bits per heavy atom. The maximum atomic E-state index is 14.6. The first kappa shape index (κ1) is 35.9. The van der Waals surface area contributed by atoms with E-state index in [1.165, 1.54) is 22.9 Å². The lowest BCUT2D eigenvalue weighted by atomic mass is 10.0. The maximum absolute atomic E-state index is 14.6. The van der Waals surface area contributed by atoms with Crippen molar-refractivity contribution in [3.05, 3.63) is 110 Å². The van der Waals surface area contributed by atoms with Gasteiger partial charge in [0.05, 0.1) is 51.3 Å². The Kier molecular flexibility index (Phi) is 9.83. The van der Waals surface area contributed by atoms with Gasteiger partial charge >= 0.3 is 0 Å². The van der Waals surface area contributed by atoms with Gasteiger partial charge in [-0.05, 0) is 80.0 Å². The fourth-order valence-electron chi connectivity index (χ4n) is 6.27. The number of anilines is 3. The molecule has 2 saturated carbocycles. The van der Waals surface area contributed by atoms with Gasteiger partial charge in [0.15, 0.2) is 11.6 Å². The average Bonchev–Trinajstić information content (AvgIpc) is 4.09. The Hall–Kier alpha value is -5.47. The van der Waals surface area contributed by atoms with E-state index >= 15 is 0 Å². The molecule has 0 bridgehead atoms. The van der Waals surface area contributed by atoms with Gasteiger partial charge < -0.3 is 31.0 Å². The van der Waals surface area contributed by atoms with Gasteiger partial charge in [0, 0.05) is 48.9 Å². The first-order valence-corrected chi connectivity index (χ1v) is 17.4. The summed E-state index contributed by atoms with van der Waals surface area (Å²) in [7, 11) is 0. The zero-order chi connectivity index (χ0) is 37.6. The molecule has 53 heavy (non-hydrogen) atoms. The minimum atomic E-state index is -0.941. The second-order valence-corrected chi connectivity index (χ2v) is 13.7. The third-order valence-corrected chi connectivity index (χ3v) is 9.60. The van der Waals surface area contributed by atoms with E-state index in [2.05, 4.69) is 15.3 Å². The number of nitrogens with zero attached hydrogens (tertiary/aromatic N) is 4. The van der Waals surface area contributed by atoms with E-state index in [9.17, 15) is 27.2 Å². The van der Waals surface area contributed by atoms with Crippen LogP contribution in [0.3, 0.4) is 0 Å². The van der Waals surface area contributed by atoms with Gasteiger partial charge in [0.2, 0.25) is 0 Å². The molecule has 2 fully saturated rings. The number of aliphatic hydroxyl groups excluding tert-OH is 1. The van der Waals surface area contributed by atoms with Crippen molar-refractivity contribution >= 4 is 50.6 Å². The predicted molar refractivity (Wildman–Crippen MR) is 198 cm³/mol. The fraction of sp³-hybridized carbons (Fsp3) is 0.263. The largest absolute Gasteiger partial charge is 0.396 e. The van der Waals surface area contributed by atoms with Gasteiger partial charge in [0.1, 0.15) is 22.6 Å². The summed E-state index contributed by atoms with van der Waals surface area (Å²) < 4.78 is 60.8. The lowest BCUT2D eigenvalue weighted by Gasteiger charge is -2.15. The number of aliphatic hydroxyl groups is 1. The van der Waals surface area contributed by atoms with Crippen LogP contribution >= 0.6 is 11.6 Å². The fourth-order valence-corrected chi connectivity index (χ4v) is 6.42. The normalized spacial score (nSPS) is 14.0. The summed E-state index contributed by atoms with van der Waals surface area (Å²) in [6.45, 7) is 1.22. The molecule has 10 nitrogen and oxygen atoms in total. The minimum Gasteiger partial charge on any atom is -0.396 e. The number of fused-ring (bicyclic) bond motifs is 2. The molecule has 0 amide bonds. The van der Waals surface area contributed by atoms with Gasteiger partial charge in [0.25, 0.3) is 11.1 Å². The molecular formula is C38H34ClF4N7O3. The predicted octanol–water partition coefficient (Wildman–Crippen LogP) is 6.73. The van der Waals surface area contributed by atoms with Crippen LogP contribution in [0.4, 0.5) is 34.8 Å². The van der Waals surface area contributed by atoms with E-state index in [1.54, 1.807) is 22.9 Å². The zero-order valence-corrected chi connectivity index (χ0v) is 28.9. The lowest BCUT2D eigenvalue weighted by Crippen LogP contribution is -2.24. The number of nitrogens with one attached hydrogen (secondary N) is 1. The maximum Gasteiger partial charge on any atom is 0.259 e. The molecule has 8 rings (SSSR count). The number of pyridine rings is 4. The molecule has 0 atom stereocenters. The summed E-state index contributed by atoms with van der Waals surface area (Å²) in [5.74, 6) is -2.27. The number of nitrogens with two attached hydrogens (primary N) is 2. The first-order chi connectivity index (χ1) is 25.4. The van der Waals surface area contributed by atoms with Crippen LogP contribution in [0.15, 0.2) is 70.5 Å². The van der Waals surface area contributed by atoms with Crippen LogP contribution < -0.4 is 27.9 Å². The number of halogens is 5. The summed E-state index contributed by atoms with van der Waals surface area (Å²) in [6, 6.07) is 10.6. The average molecular weight is 748 g/mol. The Bertz CT molecular complexity index is 2520. The highest BCUT2D eigenvalue weighted by atomic mass is 35.5. The highest BCUT2D eigenvalue weighted by molar-refractivity contribution is 6.30. The molecule has 0 spiro atoms. The zero-order valence-electron chi connectivity index (χ0n) is 28.2. The Morgan fingerprint density at radius 2 is 1.21 bits per heavy atom. The Balaban J connectivity index is 0.000000165. The molecule has 0 radical (unpaired) electrons. The second kappa shape index (κ2) is 14.5. The molecule has 15 heteroatoms. The molecule has 2 aliphatic carbocycles. The lowest BCUT2D eigenvalue weighted by molar-refractivity contribution is 0.311. The molecule has 6 N–H and O–H groups in total. The van der Waals surface area contributed by atoms with E-state index in [0.29, 0.717) is 59.1 Å². The topological polar surface area (TPSA) is 154 Å². The highest BCUT2D eigenvalue weighted by Gasteiger charge is 2.27. The summed E-state index contributed by atoms with van der Waals surface area (Å²) in [5, 5.41) is 13.4. The van der Waals surface area contributed by atoms with Crippen molar-refractivity contribution in [3.8, 4) is 22.3 Å². The van der Waals surface area contributed by atoms with Crippen molar-refractivity contribution in [1.82, 2.24) is 19.1 Å². The van der Waals surface area contributed by atoms with Crippen LogP contribution in [-0.4, -0.2) is 37.4 Å². The van der Waals surface area contributed by atoms with Crippen molar-refractivity contribution < 1.29 is 22.7 Å². The van der Waals surface area contributed by atoms with E-state index in [4.69, 9.17) is 28.2 Å². The van der Waals surface area contributed by atoms with Crippen LogP contribution in [0.2, 0.25) is 5.15 Å². The smallest absolute Gasteiger partial charge is 0.259 e. The standard InChI is InChI=1S/C20H20F2N4O2.C18H14ClF2N3O/c21-14-3-4-15(23)19(22)18(14)13-7-12-9-25-17(24-5-6-27)8-16(12)26(20(13)28)10-11-1-2-11;19-15-6-14-10(7-23-15)5-11(18(25)24(14)8-9-1-2-9)16-12(20)3-4-13(22)17(16)21/h3-4,7-9,11,27H,1-2,5-6,10,23H2,(H,24,25);3-7,9H,1-2,8,22H2. The third kappa shape index (κ3) is 7.29. The number of nitrogen functional groups attached to an aromatic ring is 2. The number of rotatable bonds is 9.